The van der Waals surface area contributed by atoms with E-state index in [2.05, 4.69) is 62.5 Å². The van der Waals surface area contributed by atoms with E-state index in [0.29, 0.717) is 11.8 Å². The quantitative estimate of drug-likeness (QED) is 0.502. The van der Waals surface area contributed by atoms with E-state index in [1.54, 1.807) is 0 Å². The van der Waals surface area contributed by atoms with E-state index in [9.17, 15) is 4.79 Å². The Morgan fingerprint density at radius 3 is 2.43 bits per heavy atom. The number of carbonyl (C=O) groups excluding carboxylic acids is 1. The molecule has 2 aromatic carbocycles. The minimum atomic E-state index is -0.233. The molecule has 5 nitrogen and oxygen atoms in total. The average Bonchev–Trinajstić information content (AvgIpc) is 3.12. The lowest BCUT2D eigenvalue weighted by atomic mass is 9.42. The van der Waals surface area contributed by atoms with Crippen LogP contribution in [0.2, 0.25) is 0 Å². The van der Waals surface area contributed by atoms with Crippen molar-refractivity contribution < 1.29 is 4.79 Å². The predicted molar refractivity (Wildman–Crippen MR) is 137 cm³/mol. The molecule has 4 aliphatic carbocycles. The highest BCUT2D eigenvalue weighted by atomic mass is 16.2. The van der Waals surface area contributed by atoms with Gasteiger partial charge in [-0.05, 0) is 98.4 Å². The third-order valence-electron chi connectivity index (χ3n) is 9.44. The van der Waals surface area contributed by atoms with Crippen LogP contribution in [0.3, 0.4) is 0 Å². The standard InChI is InChI=1S/C30H34N4O/c35-28(30-18-21-15-22(19-30)17-29(16-21,20-30)24-7-3-1-4-8-24)31-25-12-10-23(11-13-25)27-33-32-26-9-5-2-6-14-34(26)27/h1,3-4,7-8,10-13,21-22H,2,5-6,9,14-20H2,(H,31,35). The lowest BCUT2D eigenvalue weighted by molar-refractivity contribution is -0.143. The fourth-order valence-corrected chi connectivity index (χ4v) is 8.32. The molecule has 8 rings (SSSR count). The predicted octanol–water partition coefficient (Wildman–Crippen LogP) is 6.15. The van der Waals surface area contributed by atoms with Crippen molar-refractivity contribution in [2.45, 2.75) is 76.2 Å². The van der Waals surface area contributed by atoms with Crippen LogP contribution in [0.1, 0.15) is 69.2 Å². The zero-order valence-electron chi connectivity index (χ0n) is 20.4. The van der Waals surface area contributed by atoms with Crippen molar-refractivity contribution in [3.05, 3.63) is 66.0 Å². The number of amides is 1. The first-order chi connectivity index (χ1) is 17.1. The van der Waals surface area contributed by atoms with Crippen LogP contribution in [-0.4, -0.2) is 20.7 Å². The SMILES string of the molecule is O=C(Nc1ccc(-c2nnc3n2CCCCC3)cc1)C12CC3CC(C1)CC(c1ccccc1)(C3)C2. The molecule has 0 radical (unpaired) electrons. The Hall–Kier alpha value is -2.95. The van der Waals surface area contributed by atoms with Crippen molar-refractivity contribution in [2.24, 2.45) is 17.3 Å². The first-order valence-corrected chi connectivity index (χ1v) is 13.5. The minimum absolute atomic E-state index is 0.179. The van der Waals surface area contributed by atoms with Crippen molar-refractivity contribution in [1.82, 2.24) is 14.8 Å². The Bertz CT molecular complexity index is 1230. The van der Waals surface area contributed by atoms with Crippen LogP contribution in [-0.2, 0) is 23.2 Å². The molecule has 1 amide bonds. The highest BCUT2D eigenvalue weighted by molar-refractivity contribution is 5.96. The fraction of sp³-hybridized carbons (Fsp3) is 0.500. The van der Waals surface area contributed by atoms with Gasteiger partial charge < -0.3 is 9.88 Å². The average molecular weight is 467 g/mol. The second-order valence-corrected chi connectivity index (χ2v) is 11.8. The van der Waals surface area contributed by atoms with Crippen LogP contribution in [0, 0.1) is 17.3 Å². The minimum Gasteiger partial charge on any atom is -0.326 e. The second-order valence-electron chi connectivity index (χ2n) is 11.8. The van der Waals surface area contributed by atoms with E-state index in [-0.39, 0.29) is 16.7 Å². The Morgan fingerprint density at radius 1 is 0.886 bits per heavy atom. The van der Waals surface area contributed by atoms with E-state index in [4.69, 9.17) is 0 Å². The van der Waals surface area contributed by atoms with Gasteiger partial charge in [-0.25, -0.2) is 0 Å². The molecule has 2 atom stereocenters. The number of carbonyl (C=O) groups is 1. The van der Waals surface area contributed by atoms with Gasteiger partial charge in [0, 0.05) is 24.2 Å². The zero-order valence-corrected chi connectivity index (χ0v) is 20.4. The number of nitrogens with zero attached hydrogens (tertiary/aromatic N) is 3. The van der Waals surface area contributed by atoms with Gasteiger partial charge >= 0.3 is 0 Å². The number of anilines is 1. The second kappa shape index (κ2) is 8.04. The van der Waals surface area contributed by atoms with Gasteiger partial charge in [0.15, 0.2) is 5.82 Å². The molecule has 2 unspecified atom stereocenters. The van der Waals surface area contributed by atoms with Crippen molar-refractivity contribution in [3.8, 4) is 11.4 Å². The largest absolute Gasteiger partial charge is 0.326 e. The maximum atomic E-state index is 13.8. The molecule has 4 bridgehead atoms. The monoisotopic (exact) mass is 466 g/mol. The summed E-state index contributed by atoms with van der Waals surface area (Å²) < 4.78 is 2.28. The third-order valence-corrected chi connectivity index (χ3v) is 9.44. The lowest BCUT2D eigenvalue weighted by Gasteiger charge is -2.61. The normalized spacial score (nSPS) is 31.1. The van der Waals surface area contributed by atoms with E-state index in [0.717, 1.165) is 55.1 Å². The molecule has 0 spiro atoms. The van der Waals surface area contributed by atoms with Crippen molar-refractivity contribution >= 4 is 11.6 Å². The molecule has 1 aromatic heterocycles. The number of hydrogen-bond donors (Lipinski definition) is 1. The molecule has 3 aromatic rings. The number of nitrogens with one attached hydrogen (secondary N) is 1. The highest BCUT2D eigenvalue weighted by Crippen LogP contribution is 2.66. The van der Waals surface area contributed by atoms with Crippen LogP contribution >= 0.6 is 0 Å². The van der Waals surface area contributed by atoms with E-state index in [1.165, 1.54) is 44.1 Å². The van der Waals surface area contributed by atoms with Gasteiger partial charge in [-0.2, -0.15) is 0 Å². The van der Waals surface area contributed by atoms with Gasteiger partial charge in [-0.1, -0.05) is 36.8 Å². The summed E-state index contributed by atoms with van der Waals surface area (Å²) in [6.45, 7) is 0.990. The first kappa shape index (κ1) is 21.3. The van der Waals surface area contributed by atoms with Crippen LogP contribution in [0.15, 0.2) is 54.6 Å². The summed E-state index contributed by atoms with van der Waals surface area (Å²) in [6, 6.07) is 19.3. The molecule has 4 saturated carbocycles. The first-order valence-electron chi connectivity index (χ1n) is 13.5. The molecular formula is C30H34N4O. The molecule has 2 heterocycles. The van der Waals surface area contributed by atoms with Crippen LogP contribution < -0.4 is 5.32 Å². The zero-order chi connectivity index (χ0) is 23.5. The number of hydrogen-bond acceptors (Lipinski definition) is 3. The topological polar surface area (TPSA) is 59.8 Å². The number of rotatable bonds is 4. The summed E-state index contributed by atoms with van der Waals surface area (Å²) in [7, 11) is 0. The Morgan fingerprint density at radius 2 is 1.66 bits per heavy atom. The molecule has 4 fully saturated rings. The van der Waals surface area contributed by atoms with Gasteiger partial charge in [0.05, 0.1) is 5.41 Å². The Labute approximate surface area is 207 Å². The van der Waals surface area contributed by atoms with Crippen LogP contribution in [0.4, 0.5) is 5.69 Å². The van der Waals surface area contributed by atoms with Gasteiger partial charge in [0.25, 0.3) is 0 Å². The number of fused-ring (bicyclic) bond motifs is 1. The molecule has 5 aliphatic rings. The van der Waals surface area contributed by atoms with E-state index >= 15 is 0 Å². The molecule has 180 valence electrons. The Balaban J connectivity index is 1.12. The summed E-state index contributed by atoms with van der Waals surface area (Å²) in [5.74, 6) is 3.63. The molecule has 1 N–H and O–H groups in total. The summed E-state index contributed by atoms with van der Waals surface area (Å²) in [5.41, 5.74) is 3.35. The molecular weight excluding hydrogens is 432 g/mol. The summed E-state index contributed by atoms with van der Waals surface area (Å²) in [5, 5.41) is 12.3. The number of aryl methyl sites for hydroxylation is 1. The van der Waals surface area contributed by atoms with Gasteiger partial charge in [-0.3, -0.25) is 4.79 Å². The number of aromatic nitrogens is 3. The van der Waals surface area contributed by atoms with Crippen LogP contribution in [0.25, 0.3) is 11.4 Å². The fourth-order valence-electron chi connectivity index (χ4n) is 8.32. The maximum absolute atomic E-state index is 13.8. The van der Waals surface area contributed by atoms with Crippen molar-refractivity contribution in [1.29, 1.82) is 0 Å². The lowest BCUT2D eigenvalue weighted by Crippen LogP contribution is -2.57. The summed E-state index contributed by atoms with van der Waals surface area (Å²) in [6.07, 6.45) is 11.5. The van der Waals surface area contributed by atoms with Gasteiger partial charge in [-0.15, -0.1) is 10.2 Å². The van der Waals surface area contributed by atoms with Gasteiger partial charge in [0.2, 0.25) is 5.91 Å². The molecule has 1 aliphatic heterocycles. The Kier molecular flexibility index (Phi) is 4.90. The molecule has 5 heteroatoms. The maximum Gasteiger partial charge on any atom is 0.230 e. The van der Waals surface area contributed by atoms with E-state index in [1.807, 2.05) is 12.1 Å². The van der Waals surface area contributed by atoms with Crippen molar-refractivity contribution in [3.63, 3.8) is 0 Å². The third kappa shape index (κ3) is 3.54. The van der Waals surface area contributed by atoms with E-state index < -0.39 is 0 Å². The molecule has 35 heavy (non-hydrogen) atoms. The summed E-state index contributed by atoms with van der Waals surface area (Å²) in [4.78, 5) is 13.8. The molecule has 0 saturated heterocycles. The van der Waals surface area contributed by atoms with Crippen molar-refractivity contribution in [2.75, 3.05) is 5.32 Å². The summed E-state index contributed by atoms with van der Waals surface area (Å²) >= 11 is 0. The highest BCUT2D eigenvalue weighted by Gasteiger charge is 2.60. The van der Waals surface area contributed by atoms with Gasteiger partial charge in [0.1, 0.15) is 5.82 Å². The number of benzene rings is 2. The van der Waals surface area contributed by atoms with Crippen LogP contribution in [0.5, 0.6) is 0 Å². The smallest absolute Gasteiger partial charge is 0.230 e.